The minimum Gasteiger partial charge on any atom is -0.477 e. The van der Waals surface area contributed by atoms with E-state index in [1.165, 1.54) is 16.7 Å². The molecule has 0 fully saturated rings. The Kier molecular flexibility index (Phi) is 8.57. The first-order valence-electron chi connectivity index (χ1n) is 19.3. The minimum atomic E-state index is -0.620. The molecule has 4 heteroatoms. The Morgan fingerprint density at radius 1 is 0.333 bits per heavy atom. The van der Waals surface area contributed by atoms with Gasteiger partial charge in [0.1, 0.15) is 5.75 Å². The van der Waals surface area contributed by atoms with Crippen molar-refractivity contribution in [1.82, 2.24) is 15.0 Å². The number of nitrogens with zero attached hydrogens (tertiary/aromatic N) is 3. The summed E-state index contributed by atoms with van der Waals surface area (Å²) >= 11 is 0. The Morgan fingerprint density at radius 3 is 1.23 bits per heavy atom. The topological polar surface area (TPSA) is 47.9 Å². The molecule has 57 heavy (non-hydrogen) atoms. The van der Waals surface area contributed by atoms with Gasteiger partial charge in [-0.05, 0) is 57.5 Å². The standard InChI is InChI=1S/C53H37N3O/c1-53(44-18-9-4-10-19-44)47-22-12-11-20-46(47)49-45(21-13-23-48(49)57-53)40-28-34-43(35-29-40)52-55-50(41-30-24-38(25-31-41)36-14-5-2-6-15-36)54-51(56-52)42-32-26-39(27-33-42)37-16-7-3-8-17-37/h2-35H,1H3. The van der Waals surface area contributed by atoms with Crippen LogP contribution >= 0.6 is 0 Å². The lowest BCUT2D eigenvalue weighted by molar-refractivity contribution is 0.129. The Morgan fingerprint density at radius 2 is 0.719 bits per heavy atom. The van der Waals surface area contributed by atoms with Crippen molar-refractivity contribution >= 4 is 0 Å². The number of rotatable bonds is 7. The highest BCUT2D eigenvalue weighted by Gasteiger charge is 2.39. The Labute approximate surface area is 332 Å². The van der Waals surface area contributed by atoms with Crippen molar-refractivity contribution in [2.75, 3.05) is 0 Å². The highest BCUT2D eigenvalue weighted by molar-refractivity contribution is 5.91. The third kappa shape index (κ3) is 6.37. The van der Waals surface area contributed by atoms with Crippen molar-refractivity contribution in [3.63, 3.8) is 0 Å². The third-order valence-corrected chi connectivity index (χ3v) is 11.0. The fourth-order valence-corrected chi connectivity index (χ4v) is 7.94. The number of fused-ring (bicyclic) bond motifs is 3. The van der Waals surface area contributed by atoms with Crippen LogP contribution in [-0.4, -0.2) is 15.0 Å². The Bertz CT molecular complexity index is 2740. The predicted octanol–water partition coefficient (Wildman–Crippen LogP) is 13.2. The van der Waals surface area contributed by atoms with Gasteiger partial charge in [0.2, 0.25) is 0 Å². The van der Waals surface area contributed by atoms with E-state index in [0.29, 0.717) is 17.5 Å². The predicted molar refractivity (Wildman–Crippen MR) is 231 cm³/mol. The molecular weight excluding hydrogens is 695 g/mol. The summed E-state index contributed by atoms with van der Waals surface area (Å²) in [5.41, 5.74) is 13.5. The van der Waals surface area contributed by atoms with Gasteiger partial charge < -0.3 is 4.74 Å². The lowest BCUT2D eigenvalue weighted by Gasteiger charge is -2.39. The molecule has 8 aromatic carbocycles. The van der Waals surface area contributed by atoms with Crippen LogP contribution in [0.5, 0.6) is 5.75 Å². The summed E-state index contributed by atoms with van der Waals surface area (Å²) in [6, 6.07) is 71.6. The number of hydrogen-bond donors (Lipinski definition) is 0. The third-order valence-electron chi connectivity index (χ3n) is 11.0. The summed E-state index contributed by atoms with van der Waals surface area (Å²) in [7, 11) is 0. The summed E-state index contributed by atoms with van der Waals surface area (Å²) in [6.07, 6.45) is 0. The molecule has 0 N–H and O–H groups in total. The van der Waals surface area contributed by atoms with E-state index in [0.717, 1.165) is 61.4 Å². The molecule has 10 rings (SSSR count). The maximum Gasteiger partial charge on any atom is 0.164 e. The molecule has 270 valence electrons. The number of ether oxygens (including phenoxy) is 1. The molecule has 0 saturated heterocycles. The van der Waals surface area contributed by atoms with Crippen LogP contribution in [0.1, 0.15) is 18.1 Å². The van der Waals surface area contributed by atoms with Crippen LogP contribution in [0.25, 0.3) is 78.7 Å². The molecule has 9 aromatic rings. The zero-order valence-electron chi connectivity index (χ0n) is 31.4. The number of benzene rings is 8. The highest BCUT2D eigenvalue weighted by atomic mass is 16.5. The van der Waals surface area contributed by atoms with E-state index in [-0.39, 0.29) is 0 Å². The molecule has 2 heterocycles. The largest absolute Gasteiger partial charge is 0.477 e. The fraction of sp³-hybridized carbons (Fsp3) is 0.0377. The van der Waals surface area contributed by atoms with Gasteiger partial charge in [-0.3, -0.25) is 0 Å². The molecule has 0 aliphatic carbocycles. The summed E-state index contributed by atoms with van der Waals surface area (Å²) in [5.74, 6) is 2.73. The van der Waals surface area contributed by atoms with E-state index in [2.05, 4.69) is 195 Å². The first-order valence-corrected chi connectivity index (χ1v) is 19.3. The van der Waals surface area contributed by atoms with Crippen molar-refractivity contribution in [3.05, 3.63) is 217 Å². The maximum absolute atomic E-state index is 6.94. The normalized spacial score (nSPS) is 14.3. The molecule has 1 aromatic heterocycles. The van der Waals surface area contributed by atoms with Crippen LogP contribution in [0.15, 0.2) is 206 Å². The van der Waals surface area contributed by atoms with E-state index >= 15 is 0 Å². The Hall–Kier alpha value is -7.43. The second-order valence-corrected chi connectivity index (χ2v) is 14.5. The summed E-state index contributed by atoms with van der Waals surface area (Å²) < 4.78 is 6.94. The van der Waals surface area contributed by atoms with Gasteiger partial charge in [0, 0.05) is 27.8 Å². The average molecular weight is 732 g/mol. The van der Waals surface area contributed by atoms with Crippen molar-refractivity contribution < 1.29 is 4.74 Å². The van der Waals surface area contributed by atoms with E-state index in [1.54, 1.807) is 0 Å². The van der Waals surface area contributed by atoms with Crippen LogP contribution in [0.3, 0.4) is 0 Å². The number of hydrogen-bond acceptors (Lipinski definition) is 4. The first kappa shape index (κ1) is 34.1. The molecule has 1 aliphatic heterocycles. The van der Waals surface area contributed by atoms with Crippen LogP contribution in [0, 0.1) is 0 Å². The quantitative estimate of drug-likeness (QED) is 0.164. The highest BCUT2D eigenvalue weighted by Crippen LogP contribution is 2.51. The van der Waals surface area contributed by atoms with E-state index in [9.17, 15) is 0 Å². The minimum absolute atomic E-state index is 0.614. The van der Waals surface area contributed by atoms with E-state index < -0.39 is 5.60 Å². The van der Waals surface area contributed by atoms with Gasteiger partial charge >= 0.3 is 0 Å². The molecule has 1 unspecified atom stereocenters. The summed E-state index contributed by atoms with van der Waals surface area (Å²) in [6.45, 7) is 2.16. The van der Waals surface area contributed by atoms with Crippen molar-refractivity contribution in [2.45, 2.75) is 12.5 Å². The van der Waals surface area contributed by atoms with Crippen LogP contribution < -0.4 is 4.74 Å². The van der Waals surface area contributed by atoms with Crippen molar-refractivity contribution in [1.29, 1.82) is 0 Å². The Balaban J connectivity index is 1.04. The second kappa shape index (κ2) is 14.3. The smallest absolute Gasteiger partial charge is 0.164 e. The molecular formula is C53H37N3O. The molecule has 1 atom stereocenters. The van der Waals surface area contributed by atoms with Crippen molar-refractivity contribution in [3.8, 4) is 84.4 Å². The van der Waals surface area contributed by atoms with Crippen LogP contribution in [0.2, 0.25) is 0 Å². The van der Waals surface area contributed by atoms with Gasteiger partial charge in [-0.15, -0.1) is 0 Å². The molecule has 4 nitrogen and oxygen atoms in total. The average Bonchev–Trinajstić information content (AvgIpc) is 3.30. The fourth-order valence-electron chi connectivity index (χ4n) is 7.94. The van der Waals surface area contributed by atoms with Gasteiger partial charge in [0.15, 0.2) is 23.1 Å². The van der Waals surface area contributed by atoms with E-state index in [1.807, 2.05) is 18.2 Å². The van der Waals surface area contributed by atoms with Gasteiger partial charge in [-0.25, -0.2) is 15.0 Å². The summed E-state index contributed by atoms with van der Waals surface area (Å²) in [4.78, 5) is 15.2. The molecule has 0 spiro atoms. The van der Waals surface area contributed by atoms with Crippen LogP contribution in [0.4, 0.5) is 0 Å². The molecule has 0 amide bonds. The van der Waals surface area contributed by atoms with E-state index in [4.69, 9.17) is 19.7 Å². The zero-order chi connectivity index (χ0) is 38.2. The van der Waals surface area contributed by atoms with Crippen molar-refractivity contribution in [2.24, 2.45) is 0 Å². The molecule has 1 aliphatic rings. The van der Waals surface area contributed by atoms with Gasteiger partial charge in [-0.1, -0.05) is 200 Å². The maximum atomic E-state index is 6.94. The first-order chi connectivity index (χ1) is 28.1. The SMILES string of the molecule is CC1(c2ccccc2)Oc2cccc(-c3ccc(-c4nc(-c5ccc(-c6ccccc6)cc5)nc(-c5ccc(-c6ccccc6)cc5)n4)cc3)c2-c2ccccc21. The molecule has 0 radical (unpaired) electrons. The molecule has 0 saturated carbocycles. The van der Waals surface area contributed by atoms with Gasteiger partial charge in [-0.2, -0.15) is 0 Å². The monoisotopic (exact) mass is 731 g/mol. The van der Waals surface area contributed by atoms with Crippen LogP contribution in [-0.2, 0) is 5.60 Å². The number of aromatic nitrogens is 3. The van der Waals surface area contributed by atoms with Gasteiger partial charge in [0.05, 0.1) is 0 Å². The lowest BCUT2D eigenvalue weighted by atomic mass is 9.79. The second-order valence-electron chi connectivity index (χ2n) is 14.5. The zero-order valence-corrected chi connectivity index (χ0v) is 31.4. The summed E-state index contributed by atoms with van der Waals surface area (Å²) in [5, 5.41) is 0. The van der Waals surface area contributed by atoms with Gasteiger partial charge in [0.25, 0.3) is 0 Å². The molecule has 0 bridgehead atoms. The lowest BCUT2D eigenvalue weighted by Crippen LogP contribution is -2.34.